The van der Waals surface area contributed by atoms with Crippen molar-refractivity contribution >= 4 is 40.8 Å². The topological polar surface area (TPSA) is 65.1 Å². The number of hydrogen-bond acceptors (Lipinski definition) is 5. The van der Waals surface area contributed by atoms with Gasteiger partial charge in [-0.3, -0.25) is 4.90 Å². The van der Waals surface area contributed by atoms with Crippen LogP contribution in [0, 0.1) is 0 Å². The van der Waals surface area contributed by atoms with E-state index >= 15 is 0 Å². The quantitative estimate of drug-likeness (QED) is 0.469. The van der Waals surface area contributed by atoms with E-state index < -0.39 is 5.97 Å². The lowest BCUT2D eigenvalue weighted by Gasteiger charge is -2.32. The third kappa shape index (κ3) is 4.49. The number of benzene rings is 1. The first-order valence-corrected chi connectivity index (χ1v) is 9.37. The zero-order valence-corrected chi connectivity index (χ0v) is 17.5. The summed E-state index contributed by atoms with van der Waals surface area (Å²) >= 11 is 4.66. The first-order valence-electron chi connectivity index (χ1n) is 8.96. The molecule has 1 heterocycles. The molecule has 3 rings (SSSR count). The highest BCUT2D eigenvalue weighted by Gasteiger charge is 2.28. The average molecular weight is 409 g/mol. The SMILES string of the molecule is CN(C)C1OC2=CC(=[N+](C)C)C=CC2=C/C1=C/c1cc(N=C=S)ccc1C(=O)O. The first-order chi connectivity index (χ1) is 13.8. The molecular weight excluding hydrogens is 386 g/mol. The molecule has 1 aliphatic carbocycles. The van der Waals surface area contributed by atoms with Crippen LogP contribution in [-0.4, -0.2) is 65.8 Å². The number of carboxylic acids is 1. The number of thiocarbonyl (C=S) groups is 1. The Kier molecular flexibility index (Phi) is 6.03. The van der Waals surface area contributed by atoms with Gasteiger partial charge in [0.05, 0.1) is 22.5 Å². The first kappa shape index (κ1) is 20.6. The Morgan fingerprint density at radius 3 is 2.69 bits per heavy atom. The molecule has 0 saturated heterocycles. The maximum absolute atomic E-state index is 11.7. The lowest BCUT2D eigenvalue weighted by Crippen LogP contribution is -2.35. The van der Waals surface area contributed by atoms with Gasteiger partial charge in [0.25, 0.3) is 0 Å². The minimum atomic E-state index is -1.01. The molecule has 0 radical (unpaired) electrons. The van der Waals surface area contributed by atoms with Crippen LogP contribution in [0.1, 0.15) is 15.9 Å². The summed E-state index contributed by atoms with van der Waals surface area (Å²) in [6.07, 6.45) is 9.48. The fourth-order valence-electron chi connectivity index (χ4n) is 3.14. The second-order valence-corrected chi connectivity index (χ2v) is 7.30. The van der Waals surface area contributed by atoms with Gasteiger partial charge in [0.15, 0.2) is 6.23 Å². The van der Waals surface area contributed by atoms with Crippen LogP contribution in [0.25, 0.3) is 6.08 Å². The number of rotatable bonds is 4. The van der Waals surface area contributed by atoms with Crippen molar-refractivity contribution in [2.45, 2.75) is 6.23 Å². The minimum Gasteiger partial charge on any atom is -0.478 e. The predicted octanol–water partition coefficient (Wildman–Crippen LogP) is 3.51. The molecule has 1 aliphatic heterocycles. The van der Waals surface area contributed by atoms with Gasteiger partial charge in [0, 0.05) is 17.2 Å². The number of allylic oxidation sites excluding steroid dienone is 3. The largest absolute Gasteiger partial charge is 0.478 e. The van der Waals surface area contributed by atoms with Gasteiger partial charge in [-0.2, -0.15) is 4.99 Å². The number of fused-ring (bicyclic) bond motifs is 1. The van der Waals surface area contributed by atoms with Crippen molar-refractivity contribution in [2.24, 2.45) is 4.99 Å². The highest BCUT2D eigenvalue weighted by Crippen LogP contribution is 2.32. The van der Waals surface area contributed by atoms with Crippen molar-refractivity contribution in [2.75, 3.05) is 28.2 Å². The molecule has 0 saturated carbocycles. The summed E-state index contributed by atoms with van der Waals surface area (Å²) in [5.74, 6) is -0.228. The van der Waals surface area contributed by atoms with Crippen LogP contribution in [-0.2, 0) is 4.74 Å². The monoisotopic (exact) mass is 408 g/mol. The summed E-state index contributed by atoms with van der Waals surface area (Å²) < 4.78 is 8.26. The van der Waals surface area contributed by atoms with Gasteiger partial charge in [-0.25, -0.2) is 9.37 Å². The Morgan fingerprint density at radius 1 is 1.31 bits per heavy atom. The summed E-state index contributed by atoms with van der Waals surface area (Å²) in [6.45, 7) is 0. The Bertz CT molecular complexity index is 1070. The lowest BCUT2D eigenvalue weighted by molar-refractivity contribution is -0.462. The zero-order chi connectivity index (χ0) is 21.1. The molecule has 1 aromatic rings. The van der Waals surface area contributed by atoms with Crippen molar-refractivity contribution in [3.05, 3.63) is 70.5 Å². The zero-order valence-electron chi connectivity index (χ0n) is 16.7. The Balaban J connectivity index is 2.15. The number of carboxylic acid groups (broad SMARTS) is 1. The van der Waals surface area contributed by atoms with Crippen molar-refractivity contribution in [1.29, 1.82) is 0 Å². The van der Waals surface area contributed by atoms with Crippen molar-refractivity contribution in [1.82, 2.24) is 4.90 Å². The fourth-order valence-corrected chi connectivity index (χ4v) is 3.25. The molecule has 7 heteroatoms. The Labute approximate surface area is 175 Å². The van der Waals surface area contributed by atoms with Gasteiger partial charge in [-0.15, -0.1) is 0 Å². The molecule has 0 aromatic heterocycles. The van der Waals surface area contributed by atoms with Crippen molar-refractivity contribution < 1.29 is 19.2 Å². The van der Waals surface area contributed by atoms with E-state index in [-0.39, 0.29) is 11.8 Å². The molecule has 1 N–H and O–H groups in total. The van der Waals surface area contributed by atoms with E-state index in [9.17, 15) is 9.90 Å². The smallest absolute Gasteiger partial charge is 0.336 e. The van der Waals surface area contributed by atoms with Gasteiger partial charge < -0.3 is 9.84 Å². The highest BCUT2D eigenvalue weighted by molar-refractivity contribution is 7.78. The van der Waals surface area contributed by atoms with Crippen LogP contribution < -0.4 is 0 Å². The van der Waals surface area contributed by atoms with E-state index in [0.717, 1.165) is 22.6 Å². The van der Waals surface area contributed by atoms with E-state index in [2.05, 4.69) is 22.4 Å². The maximum Gasteiger partial charge on any atom is 0.336 e. The van der Waals surface area contributed by atoms with Gasteiger partial charge >= 0.3 is 5.97 Å². The molecule has 0 amide bonds. The number of aromatic carboxylic acids is 1. The Hall–Kier alpha value is -3.12. The number of ether oxygens (including phenoxy) is 1. The highest BCUT2D eigenvalue weighted by atomic mass is 32.1. The number of hydrogen-bond donors (Lipinski definition) is 1. The van der Waals surface area contributed by atoms with Crippen LogP contribution in [0.15, 0.2) is 64.4 Å². The van der Waals surface area contributed by atoms with Crippen LogP contribution in [0.3, 0.4) is 0 Å². The molecule has 2 aliphatic rings. The molecule has 1 unspecified atom stereocenters. The van der Waals surface area contributed by atoms with Crippen LogP contribution in [0.5, 0.6) is 0 Å². The third-order valence-corrected chi connectivity index (χ3v) is 4.68. The number of likely N-dealkylation sites (N-methyl/N-ethyl adjacent to an activating group) is 1. The van der Waals surface area contributed by atoms with Crippen molar-refractivity contribution in [3.63, 3.8) is 0 Å². The van der Waals surface area contributed by atoms with Crippen molar-refractivity contribution in [3.8, 4) is 0 Å². The summed E-state index contributed by atoms with van der Waals surface area (Å²) in [4.78, 5) is 17.6. The van der Waals surface area contributed by atoms with Crippen LogP contribution in [0.4, 0.5) is 5.69 Å². The van der Waals surface area contributed by atoms with Crippen LogP contribution in [0.2, 0.25) is 0 Å². The summed E-state index contributed by atoms with van der Waals surface area (Å²) in [5.41, 5.74) is 4.07. The maximum atomic E-state index is 11.7. The molecule has 0 fully saturated rings. The molecule has 148 valence electrons. The molecule has 6 nitrogen and oxygen atoms in total. The number of aliphatic imine (C=N–C) groups is 1. The number of isothiocyanates is 1. The normalized spacial score (nSPS) is 19.1. The van der Waals surface area contributed by atoms with Crippen LogP contribution >= 0.6 is 12.2 Å². The summed E-state index contributed by atoms with van der Waals surface area (Å²) in [5, 5.41) is 11.9. The van der Waals surface area contributed by atoms with Gasteiger partial charge in [-0.05, 0) is 68.3 Å². The van der Waals surface area contributed by atoms with Gasteiger partial charge in [0.1, 0.15) is 19.9 Å². The van der Waals surface area contributed by atoms with Gasteiger partial charge in [0.2, 0.25) is 5.71 Å². The predicted molar refractivity (Wildman–Crippen MR) is 117 cm³/mol. The standard InChI is InChI=1S/C22H21N3O3S/c1-24(2)18-7-5-14-9-16(21(25(3)4)28-20(14)12-18)10-15-11-17(23-13-29)6-8-19(15)22(26)27/h5-12,21H,1-4H3/p+1/b16-10-. The average Bonchev–Trinajstić information content (AvgIpc) is 2.67. The summed E-state index contributed by atoms with van der Waals surface area (Å²) in [7, 11) is 7.79. The van der Waals surface area contributed by atoms with Gasteiger partial charge in [-0.1, -0.05) is 0 Å². The minimum absolute atomic E-state index is 0.181. The van der Waals surface area contributed by atoms with E-state index in [1.165, 1.54) is 6.07 Å². The molecule has 1 atom stereocenters. The van der Waals surface area contributed by atoms with E-state index in [4.69, 9.17) is 4.74 Å². The number of carbonyl (C=O) groups is 1. The Morgan fingerprint density at radius 2 is 2.07 bits per heavy atom. The molecule has 0 bridgehead atoms. The number of nitrogens with zero attached hydrogens (tertiary/aromatic N) is 3. The second kappa shape index (κ2) is 8.49. The summed E-state index contributed by atoms with van der Waals surface area (Å²) in [6, 6.07) is 4.81. The third-order valence-electron chi connectivity index (χ3n) is 4.59. The molecule has 29 heavy (non-hydrogen) atoms. The fraction of sp³-hybridized carbons (Fsp3) is 0.227. The molecule has 0 spiro atoms. The molecule has 1 aromatic carbocycles. The lowest BCUT2D eigenvalue weighted by atomic mass is 9.96. The van der Waals surface area contributed by atoms with E-state index in [1.54, 1.807) is 12.1 Å². The van der Waals surface area contributed by atoms with E-state index in [0.29, 0.717) is 11.3 Å². The van der Waals surface area contributed by atoms with E-state index in [1.807, 2.05) is 68.0 Å². The molecular formula is C22H22N3O3S+. The second-order valence-electron chi connectivity index (χ2n) is 7.12.